The lowest BCUT2D eigenvalue weighted by molar-refractivity contribution is 0.283. The molecule has 3 aromatic rings. The van der Waals surface area contributed by atoms with Crippen LogP contribution in [-0.2, 0) is 16.2 Å². The van der Waals surface area contributed by atoms with Crippen molar-refractivity contribution < 1.29 is 8.95 Å². The van der Waals surface area contributed by atoms with Gasteiger partial charge in [0, 0.05) is 24.4 Å². The van der Waals surface area contributed by atoms with Crippen molar-refractivity contribution in [3.05, 3.63) is 78.2 Å². The van der Waals surface area contributed by atoms with Crippen LogP contribution in [0.3, 0.4) is 0 Å². The second kappa shape index (κ2) is 9.20. The van der Waals surface area contributed by atoms with Crippen molar-refractivity contribution in [3.63, 3.8) is 0 Å². The van der Waals surface area contributed by atoms with Gasteiger partial charge in [0.25, 0.3) is 8.32 Å². The number of nitrogens with zero attached hydrogens (tertiary/aromatic N) is 1. The third-order valence-electron chi connectivity index (χ3n) is 5.05. The van der Waals surface area contributed by atoms with Gasteiger partial charge in [-0.25, -0.2) is 0 Å². The van der Waals surface area contributed by atoms with E-state index >= 15 is 0 Å². The van der Waals surface area contributed by atoms with Crippen LogP contribution >= 0.6 is 15.9 Å². The van der Waals surface area contributed by atoms with Crippen LogP contribution in [0, 0.1) is 0 Å². The van der Waals surface area contributed by atoms with E-state index in [9.17, 15) is 0 Å². The molecule has 0 fully saturated rings. The maximum Gasteiger partial charge on any atom is 0.261 e. The van der Waals surface area contributed by atoms with Crippen molar-refractivity contribution in [2.24, 2.45) is 0 Å². The molecule has 2 aromatic carbocycles. The van der Waals surface area contributed by atoms with Crippen molar-refractivity contribution in [2.75, 3.05) is 6.61 Å². The molecule has 3 rings (SSSR count). The molecule has 1 aromatic heterocycles. The lowest BCUT2D eigenvalue weighted by atomic mass is 10.2. The summed E-state index contributed by atoms with van der Waals surface area (Å²) in [5.41, 5.74) is 0.933. The number of alkyl halides is 1. The third kappa shape index (κ3) is 4.48. The standard InChI is InChI=1S/C23H28BrNO2Si/c1-23(2,3)28(21-12-6-4-7-13-21,22-14-8-5-9-15-22)26-16-10-11-20-17-19(18-24)25-27-20/h4-9,12-15,17H,10-11,16,18H2,1-3H3. The summed E-state index contributed by atoms with van der Waals surface area (Å²) < 4.78 is 12.3. The number of halogens is 1. The Hall–Kier alpha value is -1.69. The summed E-state index contributed by atoms with van der Waals surface area (Å²) in [6, 6.07) is 23.5. The SMILES string of the molecule is CC(C)(C)[Si](OCCCc1cc(CBr)no1)(c1ccccc1)c1ccccc1. The normalized spacial score (nSPS) is 12.3. The number of hydrogen-bond donors (Lipinski definition) is 0. The molecule has 148 valence electrons. The van der Waals surface area contributed by atoms with Crippen molar-refractivity contribution in [1.82, 2.24) is 5.16 Å². The van der Waals surface area contributed by atoms with E-state index in [-0.39, 0.29) is 5.04 Å². The van der Waals surface area contributed by atoms with E-state index in [0.717, 1.165) is 29.6 Å². The number of aromatic nitrogens is 1. The van der Waals surface area contributed by atoms with Gasteiger partial charge in [0.1, 0.15) is 5.76 Å². The minimum absolute atomic E-state index is 0.00504. The van der Waals surface area contributed by atoms with Gasteiger partial charge in [0.15, 0.2) is 0 Å². The van der Waals surface area contributed by atoms with E-state index in [4.69, 9.17) is 8.95 Å². The van der Waals surface area contributed by atoms with Gasteiger partial charge in [0.05, 0.1) is 5.69 Å². The highest BCUT2D eigenvalue weighted by molar-refractivity contribution is 9.08. The third-order valence-corrected chi connectivity index (χ3v) is 10.7. The highest BCUT2D eigenvalue weighted by Gasteiger charge is 2.49. The van der Waals surface area contributed by atoms with Crippen LogP contribution in [0.15, 0.2) is 71.3 Å². The van der Waals surface area contributed by atoms with Gasteiger partial charge in [-0.2, -0.15) is 0 Å². The molecule has 0 saturated carbocycles. The molecule has 0 aliphatic rings. The van der Waals surface area contributed by atoms with Gasteiger partial charge in [-0.1, -0.05) is 103 Å². The summed E-state index contributed by atoms with van der Waals surface area (Å²) in [5.74, 6) is 0.917. The van der Waals surface area contributed by atoms with Crippen LogP contribution in [0.5, 0.6) is 0 Å². The van der Waals surface area contributed by atoms with Gasteiger partial charge in [-0.3, -0.25) is 0 Å². The fraction of sp³-hybridized carbons (Fsp3) is 0.348. The fourth-order valence-electron chi connectivity index (χ4n) is 3.77. The summed E-state index contributed by atoms with van der Waals surface area (Å²) in [4.78, 5) is 0. The van der Waals surface area contributed by atoms with E-state index in [1.807, 2.05) is 6.07 Å². The Labute approximate surface area is 177 Å². The van der Waals surface area contributed by atoms with Crippen LogP contribution in [0.1, 0.15) is 38.6 Å². The summed E-state index contributed by atoms with van der Waals surface area (Å²) in [7, 11) is -2.44. The first kappa shape index (κ1) is 21.0. The monoisotopic (exact) mass is 457 g/mol. The van der Waals surface area contributed by atoms with Crippen molar-refractivity contribution in [1.29, 1.82) is 0 Å². The van der Waals surface area contributed by atoms with Gasteiger partial charge >= 0.3 is 0 Å². The molecule has 0 aliphatic heterocycles. The molecular formula is C23H28BrNO2Si. The minimum Gasteiger partial charge on any atom is -0.407 e. The maximum absolute atomic E-state index is 6.89. The van der Waals surface area contributed by atoms with Crippen LogP contribution in [0.25, 0.3) is 0 Å². The Morgan fingerprint density at radius 3 is 2.00 bits per heavy atom. The van der Waals surface area contributed by atoms with E-state index in [1.54, 1.807) is 0 Å². The van der Waals surface area contributed by atoms with Gasteiger partial charge < -0.3 is 8.95 Å². The molecule has 3 nitrogen and oxygen atoms in total. The van der Waals surface area contributed by atoms with E-state index < -0.39 is 8.32 Å². The van der Waals surface area contributed by atoms with Gasteiger partial charge in [-0.15, -0.1) is 0 Å². The highest BCUT2D eigenvalue weighted by atomic mass is 79.9. The van der Waals surface area contributed by atoms with Crippen molar-refractivity contribution in [3.8, 4) is 0 Å². The molecular weight excluding hydrogens is 430 g/mol. The number of aryl methyl sites for hydroxylation is 1. The average molecular weight is 458 g/mol. The number of benzene rings is 2. The molecule has 0 unspecified atom stereocenters. The Balaban J connectivity index is 1.85. The maximum atomic E-state index is 6.89. The molecule has 0 N–H and O–H groups in total. The molecule has 28 heavy (non-hydrogen) atoms. The largest absolute Gasteiger partial charge is 0.407 e. The first-order valence-electron chi connectivity index (χ1n) is 9.73. The Morgan fingerprint density at radius 2 is 1.54 bits per heavy atom. The van der Waals surface area contributed by atoms with Gasteiger partial charge in [0.2, 0.25) is 0 Å². The molecule has 0 bridgehead atoms. The zero-order chi connectivity index (χ0) is 20.0. The van der Waals surface area contributed by atoms with E-state index in [1.165, 1.54) is 10.4 Å². The second-order valence-corrected chi connectivity index (χ2v) is 12.9. The minimum atomic E-state index is -2.44. The van der Waals surface area contributed by atoms with Crippen molar-refractivity contribution >= 4 is 34.6 Å². The van der Waals surface area contributed by atoms with Crippen molar-refractivity contribution in [2.45, 2.75) is 44.0 Å². The lowest BCUT2D eigenvalue weighted by Crippen LogP contribution is -2.66. The van der Waals surface area contributed by atoms with Crippen LogP contribution in [-0.4, -0.2) is 20.1 Å². The topological polar surface area (TPSA) is 35.3 Å². The number of hydrogen-bond acceptors (Lipinski definition) is 3. The lowest BCUT2D eigenvalue weighted by Gasteiger charge is -2.43. The molecule has 0 amide bonds. The zero-order valence-electron chi connectivity index (χ0n) is 16.8. The molecule has 0 saturated heterocycles. The quantitative estimate of drug-likeness (QED) is 0.268. The molecule has 5 heteroatoms. The van der Waals surface area contributed by atoms with E-state index in [2.05, 4.69) is 103 Å². The summed E-state index contributed by atoms with van der Waals surface area (Å²) >= 11 is 3.41. The molecule has 0 spiro atoms. The highest BCUT2D eigenvalue weighted by Crippen LogP contribution is 2.36. The smallest absolute Gasteiger partial charge is 0.261 e. The van der Waals surface area contributed by atoms with Gasteiger partial charge in [-0.05, 0) is 21.8 Å². The first-order chi connectivity index (χ1) is 13.5. The van der Waals surface area contributed by atoms with E-state index in [0.29, 0.717) is 6.61 Å². The van der Waals surface area contributed by atoms with Crippen LogP contribution in [0.2, 0.25) is 5.04 Å². The fourth-order valence-corrected chi connectivity index (χ4v) is 8.64. The predicted octanol–water partition coefficient (Wildman–Crippen LogP) is 5.08. The number of rotatable bonds is 8. The average Bonchev–Trinajstić information content (AvgIpc) is 3.16. The van der Waals surface area contributed by atoms with Crippen LogP contribution in [0.4, 0.5) is 0 Å². The Morgan fingerprint density at radius 1 is 0.964 bits per heavy atom. The molecule has 1 heterocycles. The summed E-state index contributed by atoms with van der Waals surface area (Å²) in [6.45, 7) is 7.60. The zero-order valence-corrected chi connectivity index (χ0v) is 19.4. The van der Waals surface area contributed by atoms with Crippen LogP contribution < -0.4 is 10.4 Å². The predicted molar refractivity (Wildman–Crippen MR) is 121 cm³/mol. The Kier molecular flexibility index (Phi) is 6.91. The summed E-state index contributed by atoms with van der Waals surface area (Å²) in [6.07, 6.45) is 1.74. The Bertz CT molecular complexity index is 820. The molecule has 0 aliphatic carbocycles. The summed E-state index contributed by atoms with van der Waals surface area (Å²) in [5, 5.41) is 7.39. The first-order valence-corrected chi connectivity index (χ1v) is 12.8. The molecule has 0 radical (unpaired) electrons. The molecule has 0 atom stereocenters. The second-order valence-electron chi connectivity index (χ2n) is 8.03.